The molecule has 0 aromatic heterocycles. The summed E-state index contributed by atoms with van der Waals surface area (Å²) in [6, 6.07) is 0.216. The van der Waals surface area contributed by atoms with Crippen LogP contribution in [0.15, 0.2) is 0 Å². The average Bonchev–Trinajstić information content (AvgIpc) is 2.94. The van der Waals surface area contributed by atoms with Gasteiger partial charge in [-0.2, -0.15) is 17.0 Å². The number of halogens is 1. The van der Waals surface area contributed by atoms with Crippen molar-refractivity contribution in [1.82, 2.24) is 13.9 Å². The summed E-state index contributed by atoms with van der Waals surface area (Å²) in [5.41, 5.74) is 0. The topological polar surface area (TPSA) is 52.7 Å². The van der Waals surface area contributed by atoms with E-state index in [4.69, 9.17) is 0 Å². The van der Waals surface area contributed by atoms with Gasteiger partial charge in [0.25, 0.3) is 10.2 Å². The molecule has 2 aliphatic heterocycles. The van der Waals surface area contributed by atoms with Gasteiger partial charge in [0.1, 0.15) is 0 Å². The predicted octanol–water partition coefficient (Wildman–Crippen LogP) is 1.46. The molecule has 0 amide bonds. The normalized spacial score (nSPS) is 31.9. The van der Waals surface area contributed by atoms with Crippen molar-refractivity contribution in [2.75, 3.05) is 33.2 Å². The van der Waals surface area contributed by atoms with Gasteiger partial charge in [0.15, 0.2) is 0 Å². The molecule has 0 bridgehead atoms. The molecule has 21 heavy (non-hydrogen) atoms. The predicted molar refractivity (Wildman–Crippen MR) is 86.8 cm³/mol. The standard InChI is InChI=1S/C14H27N3O2S.ClH/c1-16(14-5-3-2-4-6-14)20(18,19)17-8-7-12-9-15-10-13(12)11-17;/h12-15H,2-11H2,1H3;1H. The summed E-state index contributed by atoms with van der Waals surface area (Å²) in [6.45, 7) is 3.44. The Hall–Kier alpha value is 0.120. The Kier molecular flexibility index (Phi) is 5.93. The van der Waals surface area contributed by atoms with Gasteiger partial charge in [-0.1, -0.05) is 19.3 Å². The molecule has 5 nitrogen and oxygen atoms in total. The Morgan fingerprint density at radius 2 is 1.71 bits per heavy atom. The van der Waals surface area contributed by atoms with Gasteiger partial charge in [0.05, 0.1) is 0 Å². The first-order valence-electron chi connectivity index (χ1n) is 8.03. The third-order valence-corrected chi connectivity index (χ3v) is 7.46. The van der Waals surface area contributed by atoms with Crippen molar-refractivity contribution in [1.29, 1.82) is 0 Å². The molecule has 3 fully saturated rings. The van der Waals surface area contributed by atoms with Crippen LogP contribution in [0.5, 0.6) is 0 Å². The highest BCUT2D eigenvalue weighted by Gasteiger charge is 2.40. The highest BCUT2D eigenvalue weighted by atomic mass is 35.5. The molecule has 124 valence electrons. The first-order valence-corrected chi connectivity index (χ1v) is 9.42. The average molecular weight is 338 g/mol. The number of nitrogens with one attached hydrogen (secondary N) is 1. The van der Waals surface area contributed by atoms with Crippen molar-refractivity contribution in [3.8, 4) is 0 Å². The lowest BCUT2D eigenvalue weighted by Gasteiger charge is -2.38. The van der Waals surface area contributed by atoms with Crippen LogP contribution in [0.3, 0.4) is 0 Å². The molecule has 0 radical (unpaired) electrons. The second-order valence-corrected chi connectivity index (χ2v) is 8.63. The zero-order valence-electron chi connectivity index (χ0n) is 12.8. The molecule has 3 rings (SSSR count). The van der Waals surface area contributed by atoms with E-state index in [1.165, 1.54) is 19.3 Å². The van der Waals surface area contributed by atoms with Gasteiger partial charge in [-0.25, -0.2) is 0 Å². The van der Waals surface area contributed by atoms with E-state index in [1.807, 2.05) is 0 Å². The Labute approximate surface area is 135 Å². The molecule has 1 N–H and O–H groups in total. The van der Waals surface area contributed by atoms with Crippen molar-refractivity contribution in [2.24, 2.45) is 11.8 Å². The molecule has 2 atom stereocenters. The van der Waals surface area contributed by atoms with Gasteiger partial charge < -0.3 is 5.32 Å². The largest absolute Gasteiger partial charge is 0.316 e. The van der Waals surface area contributed by atoms with Crippen molar-refractivity contribution < 1.29 is 8.42 Å². The Bertz CT molecular complexity index is 440. The molecule has 0 aromatic rings. The molecule has 1 aliphatic carbocycles. The number of fused-ring (bicyclic) bond motifs is 1. The highest BCUT2D eigenvalue weighted by Crippen LogP contribution is 2.30. The van der Waals surface area contributed by atoms with Gasteiger partial charge in [-0.05, 0) is 44.2 Å². The minimum atomic E-state index is -3.26. The van der Waals surface area contributed by atoms with Crippen molar-refractivity contribution in [3.05, 3.63) is 0 Å². The molecule has 1 saturated carbocycles. The molecule has 2 saturated heterocycles. The van der Waals surface area contributed by atoms with Crippen LogP contribution in [0.1, 0.15) is 38.5 Å². The summed E-state index contributed by atoms with van der Waals surface area (Å²) >= 11 is 0. The van der Waals surface area contributed by atoms with Crippen molar-refractivity contribution >= 4 is 22.6 Å². The maximum atomic E-state index is 12.8. The lowest BCUT2D eigenvalue weighted by Crippen LogP contribution is -2.51. The van der Waals surface area contributed by atoms with Gasteiger partial charge in [-0.3, -0.25) is 0 Å². The summed E-state index contributed by atoms with van der Waals surface area (Å²) < 4.78 is 29.0. The molecule has 0 aromatic carbocycles. The number of nitrogens with zero attached hydrogens (tertiary/aromatic N) is 2. The fraction of sp³-hybridized carbons (Fsp3) is 1.00. The summed E-state index contributed by atoms with van der Waals surface area (Å²) in [5, 5.41) is 3.39. The summed E-state index contributed by atoms with van der Waals surface area (Å²) in [7, 11) is -1.48. The van der Waals surface area contributed by atoms with Crippen LogP contribution >= 0.6 is 12.4 Å². The lowest BCUT2D eigenvalue weighted by atomic mass is 9.90. The van der Waals surface area contributed by atoms with Crippen LogP contribution in [0.25, 0.3) is 0 Å². The van der Waals surface area contributed by atoms with Gasteiger partial charge in [-0.15, -0.1) is 12.4 Å². The smallest absolute Gasteiger partial charge is 0.281 e. The molecular formula is C14H28ClN3O2S. The second kappa shape index (κ2) is 7.13. The zero-order chi connectivity index (χ0) is 14.2. The number of hydrogen-bond acceptors (Lipinski definition) is 3. The van der Waals surface area contributed by atoms with Gasteiger partial charge >= 0.3 is 0 Å². The van der Waals surface area contributed by atoms with Crippen LogP contribution in [0.2, 0.25) is 0 Å². The number of piperidine rings is 1. The first-order chi connectivity index (χ1) is 9.59. The minimum Gasteiger partial charge on any atom is -0.316 e. The molecule has 2 unspecified atom stereocenters. The third-order valence-electron chi connectivity index (χ3n) is 5.45. The lowest BCUT2D eigenvalue weighted by molar-refractivity contribution is 0.203. The van der Waals surface area contributed by atoms with Crippen LogP contribution in [-0.4, -0.2) is 56.3 Å². The Morgan fingerprint density at radius 3 is 2.43 bits per heavy atom. The second-order valence-electron chi connectivity index (χ2n) is 6.64. The van der Waals surface area contributed by atoms with E-state index in [0.717, 1.165) is 32.4 Å². The molecule has 2 heterocycles. The SMILES string of the molecule is CN(C1CCCCC1)S(=O)(=O)N1CCC2CNCC2C1.Cl. The fourth-order valence-electron chi connectivity index (χ4n) is 4.03. The minimum absolute atomic E-state index is 0. The Morgan fingerprint density at radius 1 is 1.05 bits per heavy atom. The van der Waals surface area contributed by atoms with E-state index in [2.05, 4.69) is 5.32 Å². The maximum absolute atomic E-state index is 12.8. The van der Waals surface area contributed by atoms with E-state index in [-0.39, 0.29) is 18.4 Å². The van der Waals surface area contributed by atoms with Crippen LogP contribution < -0.4 is 5.32 Å². The van der Waals surface area contributed by atoms with E-state index in [0.29, 0.717) is 24.9 Å². The molecule has 0 spiro atoms. The van der Waals surface area contributed by atoms with Gasteiger partial charge in [0, 0.05) is 26.2 Å². The first kappa shape index (κ1) is 17.5. The van der Waals surface area contributed by atoms with Crippen LogP contribution in [-0.2, 0) is 10.2 Å². The van der Waals surface area contributed by atoms with E-state index in [9.17, 15) is 8.42 Å². The molecule has 3 aliphatic rings. The highest BCUT2D eigenvalue weighted by molar-refractivity contribution is 7.86. The summed E-state index contributed by atoms with van der Waals surface area (Å²) in [4.78, 5) is 0. The van der Waals surface area contributed by atoms with E-state index >= 15 is 0 Å². The summed E-state index contributed by atoms with van der Waals surface area (Å²) in [5.74, 6) is 1.19. The monoisotopic (exact) mass is 337 g/mol. The number of hydrogen-bond donors (Lipinski definition) is 1. The van der Waals surface area contributed by atoms with Crippen molar-refractivity contribution in [2.45, 2.75) is 44.6 Å². The third kappa shape index (κ3) is 3.55. The fourth-order valence-corrected chi connectivity index (χ4v) is 5.69. The van der Waals surface area contributed by atoms with Crippen molar-refractivity contribution in [3.63, 3.8) is 0 Å². The van der Waals surface area contributed by atoms with Gasteiger partial charge in [0.2, 0.25) is 0 Å². The van der Waals surface area contributed by atoms with Crippen LogP contribution in [0.4, 0.5) is 0 Å². The van der Waals surface area contributed by atoms with Crippen LogP contribution in [0, 0.1) is 11.8 Å². The molecular weight excluding hydrogens is 310 g/mol. The van der Waals surface area contributed by atoms with E-state index in [1.54, 1.807) is 15.7 Å². The number of rotatable bonds is 3. The Balaban J connectivity index is 0.00000161. The van der Waals surface area contributed by atoms with E-state index < -0.39 is 10.2 Å². The maximum Gasteiger partial charge on any atom is 0.281 e. The summed E-state index contributed by atoms with van der Waals surface area (Å²) in [6.07, 6.45) is 6.64. The quantitative estimate of drug-likeness (QED) is 0.848. The molecule has 7 heteroatoms. The zero-order valence-corrected chi connectivity index (χ0v) is 14.5.